The van der Waals surface area contributed by atoms with E-state index in [4.69, 9.17) is 4.74 Å². The van der Waals surface area contributed by atoms with E-state index in [1.807, 2.05) is 47.9 Å². The van der Waals surface area contributed by atoms with Crippen LogP contribution in [0.1, 0.15) is 25.5 Å². The monoisotopic (exact) mass is 340 g/mol. The third-order valence-corrected chi connectivity index (χ3v) is 4.14. The van der Waals surface area contributed by atoms with Crippen LogP contribution in [-0.4, -0.2) is 48.6 Å². The minimum absolute atomic E-state index is 0.0311. The molecule has 1 aliphatic rings. The minimum atomic E-state index is -0.0311. The van der Waals surface area contributed by atoms with Gasteiger partial charge in [0.25, 0.3) is 0 Å². The molecule has 0 spiro atoms. The molecule has 0 saturated carbocycles. The van der Waals surface area contributed by atoms with Crippen LogP contribution in [-0.2, 0) is 4.74 Å². The first-order chi connectivity index (χ1) is 9.65. The van der Waals surface area contributed by atoms with Gasteiger partial charge in [0.15, 0.2) is 0 Å². The third kappa shape index (κ3) is 3.52. The van der Waals surface area contributed by atoms with E-state index in [0.29, 0.717) is 19.7 Å². The summed E-state index contributed by atoms with van der Waals surface area (Å²) in [5.41, 5.74) is 1.12. The first kappa shape index (κ1) is 15.3. The molecule has 1 saturated heterocycles. The summed E-state index contributed by atoms with van der Waals surface area (Å²) >= 11 is 3.43. The van der Waals surface area contributed by atoms with Gasteiger partial charge in [-0.15, -0.1) is 0 Å². The van der Waals surface area contributed by atoms with Crippen LogP contribution in [0.5, 0.6) is 0 Å². The van der Waals surface area contributed by atoms with Crippen molar-refractivity contribution in [2.75, 3.05) is 32.8 Å². The van der Waals surface area contributed by atoms with Crippen molar-refractivity contribution in [2.24, 2.45) is 0 Å². The van der Waals surface area contributed by atoms with Crippen LogP contribution in [0.25, 0.3) is 0 Å². The van der Waals surface area contributed by atoms with Gasteiger partial charge in [0, 0.05) is 24.1 Å². The van der Waals surface area contributed by atoms with Crippen molar-refractivity contribution in [3.63, 3.8) is 0 Å². The molecule has 2 amide bonds. The number of hydrogen-bond acceptors (Lipinski definition) is 2. The lowest BCUT2D eigenvalue weighted by atomic mass is 10.1. The number of ether oxygens (including phenoxy) is 1. The lowest BCUT2D eigenvalue weighted by molar-refractivity contribution is -0.0202. The summed E-state index contributed by atoms with van der Waals surface area (Å²) in [6, 6.07) is 8.20. The quantitative estimate of drug-likeness (QED) is 0.845. The van der Waals surface area contributed by atoms with E-state index >= 15 is 0 Å². The Morgan fingerprint density at radius 1 is 1.35 bits per heavy atom. The highest BCUT2D eigenvalue weighted by Gasteiger charge is 2.27. The summed E-state index contributed by atoms with van der Waals surface area (Å²) in [5.74, 6) is 0. The number of amides is 2. The van der Waals surface area contributed by atoms with Crippen LogP contribution in [0.15, 0.2) is 28.7 Å². The number of carbonyl (C=O) groups excluding carboxylic acids is 1. The zero-order chi connectivity index (χ0) is 14.5. The Balaban J connectivity index is 2.04. The SMILES string of the molecule is CCN(CC)C(=O)N1CCOC(c2ccc(Br)cc2)C1. The summed E-state index contributed by atoms with van der Waals surface area (Å²) in [7, 11) is 0. The smallest absolute Gasteiger partial charge is 0.320 e. The van der Waals surface area contributed by atoms with Crippen molar-refractivity contribution >= 4 is 22.0 Å². The van der Waals surface area contributed by atoms with Crippen LogP contribution in [0.4, 0.5) is 4.79 Å². The fraction of sp³-hybridized carbons (Fsp3) is 0.533. The summed E-state index contributed by atoms with van der Waals surface area (Å²) < 4.78 is 6.85. The summed E-state index contributed by atoms with van der Waals surface area (Å²) in [6.07, 6.45) is -0.0311. The molecule has 1 heterocycles. The molecule has 1 fully saturated rings. The molecule has 1 aromatic carbocycles. The van der Waals surface area contributed by atoms with Crippen molar-refractivity contribution in [2.45, 2.75) is 20.0 Å². The molecular weight excluding hydrogens is 320 g/mol. The fourth-order valence-electron chi connectivity index (χ4n) is 2.40. The Morgan fingerprint density at radius 2 is 2.00 bits per heavy atom. The molecule has 1 atom stereocenters. The summed E-state index contributed by atoms with van der Waals surface area (Å²) in [6.45, 7) is 7.39. The summed E-state index contributed by atoms with van der Waals surface area (Å²) in [4.78, 5) is 16.1. The number of benzene rings is 1. The Morgan fingerprint density at radius 3 is 2.60 bits per heavy atom. The van der Waals surface area contributed by atoms with Crippen LogP contribution < -0.4 is 0 Å². The average Bonchev–Trinajstić information content (AvgIpc) is 2.49. The van der Waals surface area contributed by atoms with E-state index in [-0.39, 0.29) is 12.1 Å². The predicted octanol–water partition coefficient (Wildman–Crippen LogP) is 3.28. The van der Waals surface area contributed by atoms with Crippen LogP contribution in [0, 0.1) is 0 Å². The molecule has 1 unspecified atom stereocenters. The highest BCUT2D eigenvalue weighted by atomic mass is 79.9. The predicted molar refractivity (Wildman–Crippen MR) is 82.7 cm³/mol. The zero-order valence-electron chi connectivity index (χ0n) is 12.0. The first-order valence-corrected chi connectivity index (χ1v) is 7.86. The van der Waals surface area contributed by atoms with Crippen LogP contribution >= 0.6 is 15.9 Å². The number of carbonyl (C=O) groups is 1. The topological polar surface area (TPSA) is 32.8 Å². The number of halogens is 1. The highest BCUT2D eigenvalue weighted by molar-refractivity contribution is 9.10. The van der Waals surface area contributed by atoms with Gasteiger partial charge < -0.3 is 14.5 Å². The Kier molecular flexibility index (Phi) is 5.43. The molecule has 110 valence electrons. The van der Waals surface area contributed by atoms with Crippen molar-refractivity contribution in [3.05, 3.63) is 34.3 Å². The summed E-state index contributed by atoms with van der Waals surface area (Å²) in [5, 5.41) is 0. The normalized spacial score (nSPS) is 18.9. The van der Waals surface area contributed by atoms with E-state index in [1.54, 1.807) is 0 Å². The van der Waals surface area contributed by atoms with Gasteiger partial charge in [-0.2, -0.15) is 0 Å². The Bertz CT molecular complexity index is 446. The van der Waals surface area contributed by atoms with E-state index in [9.17, 15) is 4.79 Å². The number of rotatable bonds is 3. The van der Waals surface area contributed by atoms with Crippen LogP contribution in [0.2, 0.25) is 0 Å². The maximum atomic E-state index is 12.4. The molecule has 0 N–H and O–H groups in total. The van der Waals surface area contributed by atoms with Crippen molar-refractivity contribution in [1.29, 1.82) is 0 Å². The molecule has 20 heavy (non-hydrogen) atoms. The molecule has 1 aliphatic heterocycles. The molecule has 0 bridgehead atoms. The van der Waals surface area contributed by atoms with Crippen molar-refractivity contribution in [1.82, 2.24) is 9.80 Å². The number of urea groups is 1. The molecule has 5 heteroatoms. The number of morpholine rings is 1. The molecule has 0 aliphatic carbocycles. The average molecular weight is 341 g/mol. The lowest BCUT2D eigenvalue weighted by Gasteiger charge is -2.36. The first-order valence-electron chi connectivity index (χ1n) is 7.06. The van der Waals surface area contributed by atoms with Gasteiger partial charge in [0.2, 0.25) is 0 Å². The maximum Gasteiger partial charge on any atom is 0.320 e. The molecular formula is C15H21BrN2O2. The standard InChI is InChI=1S/C15H21BrN2O2/c1-3-17(4-2)15(19)18-9-10-20-14(11-18)12-5-7-13(16)8-6-12/h5-8,14H,3-4,9-11H2,1-2H3. The third-order valence-electron chi connectivity index (χ3n) is 3.61. The van der Waals surface area contributed by atoms with Gasteiger partial charge in [-0.3, -0.25) is 0 Å². The van der Waals surface area contributed by atoms with Gasteiger partial charge in [0.05, 0.1) is 13.2 Å². The van der Waals surface area contributed by atoms with E-state index in [1.165, 1.54) is 0 Å². The van der Waals surface area contributed by atoms with Crippen LogP contribution in [0.3, 0.4) is 0 Å². The molecule has 0 radical (unpaired) electrons. The minimum Gasteiger partial charge on any atom is -0.370 e. The molecule has 1 aromatic rings. The zero-order valence-corrected chi connectivity index (χ0v) is 13.6. The number of hydrogen-bond donors (Lipinski definition) is 0. The molecule has 0 aromatic heterocycles. The van der Waals surface area contributed by atoms with E-state index < -0.39 is 0 Å². The van der Waals surface area contributed by atoms with Gasteiger partial charge in [0.1, 0.15) is 6.10 Å². The second-order valence-electron chi connectivity index (χ2n) is 4.81. The van der Waals surface area contributed by atoms with Gasteiger partial charge in [-0.25, -0.2) is 4.79 Å². The second kappa shape index (κ2) is 7.09. The maximum absolute atomic E-state index is 12.4. The molecule has 2 rings (SSSR count). The van der Waals surface area contributed by atoms with Gasteiger partial charge in [-0.05, 0) is 31.5 Å². The van der Waals surface area contributed by atoms with Crippen molar-refractivity contribution in [3.8, 4) is 0 Å². The number of nitrogens with zero attached hydrogens (tertiary/aromatic N) is 2. The van der Waals surface area contributed by atoms with Gasteiger partial charge in [-0.1, -0.05) is 28.1 Å². The highest BCUT2D eigenvalue weighted by Crippen LogP contribution is 2.24. The second-order valence-corrected chi connectivity index (χ2v) is 5.73. The van der Waals surface area contributed by atoms with E-state index in [0.717, 1.165) is 23.1 Å². The largest absolute Gasteiger partial charge is 0.370 e. The van der Waals surface area contributed by atoms with Gasteiger partial charge >= 0.3 is 6.03 Å². The van der Waals surface area contributed by atoms with Crippen molar-refractivity contribution < 1.29 is 9.53 Å². The molecule has 4 nitrogen and oxygen atoms in total. The lowest BCUT2D eigenvalue weighted by Crippen LogP contribution is -2.48. The Hall–Kier alpha value is -1.07. The Labute approximate surface area is 128 Å². The van der Waals surface area contributed by atoms with E-state index in [2.05, 4.69) is 15.9 Å². The fourth-order valence-corrected chi connectivity index (χ4v) is 2.66.